The highest BCUT2D eigenvalue weighted by molar-refractivity contribution is 6.05. The monoisotopic (exact) mass is 396 g/mol. The first-order valence-electron chi connectivity index (χ1n) is 9.48. The van der Waals surface area contributed by atoms with Crippen molar-refractivity contribution in [1.29, 1.82) is 0 Å². The first-order valence-corrected chi connectivity index (χ1v) is 9.48. The lowest BCUT2D eigenvalue weighted by molar-refractivity contribution is 0.102. The quantitative estimate of drug-likeness (QED) is 0.502. The lowest BCUT2D eigenvalue weighted by Gasteiger charge is -2.09. The lowest BCUT2D eigenvalue weighted by atomic mass is 10.1. The molecule has 0 aliphatic carbocycles. The molecule has 0 aliphatic rings. The molecule has 148 valence electrons. The van der Waals surface area contributed by atoms with Crippen LogP contribution in [0.1, 0.15) is 15.9 Å². The molecular weight excluding hydrogens is 376 g/mol. The van der Waals surface area contributed by atoms with Crippen LogP contribution in [-0.2, 0) is 6.54 Å². The van der Waals surface area contributed by atoms with E-state index >= 15 is 0 Å². The molecule has 0 spiro atoms. The molecular formula is C24H20N4O2. The summed E-state index contributed by atoms with van der Waals surface area (Å²) in [5.41, 5.74) is 9.60. The molecule has 0 bridgehead atoms. The van der Waals surface area contributed by atoms with E-state index in [1.165, 1.54) is 4.68 Å². The van der Waals surface area contributed by atoms with E-state index in [4.69, 9.17) is 5.73 Å². The second-order valence-electron chi connectivity index (χ2n) is 6.81. The third-order valence-electron chi connectivity index (χ3n) is 4.75. The Balaban J connectivity index is 1.51. The number of nitrogens with one attached hydrogen (secondary N) is 1. The van der Waals surface area contributed by atoms with Crippen molar-refractivity contribution in [3.05, 3.63) is 113 Å². The number of hydrogen-bond acceptors (Lipinski definition) is 4. The summed E-state index contributed by atoms with van der Waals surface area (Å²) in [6, 6.07) is 25.4. The van der Waals surface area contributed by atoms with Gasteiger partial charge in [0.25, 0.3) is 11.5 Å². The number of aromatic nitrogens is 2. The van der Waals surface area contributed by atoms with Gasteiger partial charge in [-0.2, -0.15) is 5.10 Å². The third-order valence-corrected chi connectivity index (χ3v) is 4.75. The number of nitrogens with two attached hydrogens (primary N) is 1. The van der Waals surface area contributed by atoms with Crippen LogP contribution in [0.3, 0.4) is 0 Å². The highest BCUT2D eigenvalue weighted by Crippen LogP contribution is 2.18. The molecule has 3 N–H and O–H groups in total. The molecule has 1 amide bonds. The van der Waals surface area contributed by atoms with Crippen LogP contribution >= 0.6 is 0 Å². The number of benzene rings is 3. The van der Waals surface area contributed by atoms with Crippen LogP contribution in [-0.4, -0.2) is 15.7 Å². The summed E-state index contributed by atoms with van der Waals surface area (Å²) < 4.78 is 1.42. The van der Waals surface area contributed by atoms with Crippen LogP contribution in [0, 0.1) is 0 Å². The highest BCUT2D eigenvalue weighted by Gasteiger charge is 2.10. The lowest BCUT2D eigenvalue weighted by Crippen LogP contribution is -2.24. The van der Waals surface area contributed by atoms with Gasteiger partial charge in [-0.3, -0.25) is 9.59 Å². The Morgan fingerprint density at radius 3 is 2.33 bits per heavy atom. The van der Waals surface area contributed by atoms with E-state index in [0.29, 0.717) is 29.0 Å². The van der Waals surface area contributed by atoms with E-state index in [1.807, 2.05) is 54.6 Å². The maximum Gasteiger partial charge on any atom is 0.274 e. The number of carbonyl (C=O) groups is 1. The molecule has 30 heavy (non-hydrogen) atoms. The van der Waals surface area contributed by atoms with Gasteiger partial charge in [0.2, 0.25) is 0 Å². The van der Waals surface area contributed by atoms with Crippen molar-refractivity contribution in [2.75, 3.05) is 11.1 Å². The summed E-state index contributed by atoms with van der Waals surface area (Å²) in [5, 5.41) is 6.99. The smallest absolute Gasteiger partial charge is 0.274 e. The Morgan fingerprint density at radius 1 is 0.900 bits per heavy atom. The topological polar surface area (TPSA) is 90.0 Å². The molecule has 0 aliphatic heterocycles. The number of anilines is 2. The van der Waals surface area contributed by atoms with Crippen LogP contribution in [0.15, 0.2) is 95.9 Å². The molecule has 6 heteroatoms. The zero-order valence-electron chi connectivity index (χ0n) is 16.2. The zero-order chi connectivity index (χ0) is 20.9. The van der Waals surface area contributed by atoms with Gasteiger partial charge in [0.15, 0.2) is 0 Å². The molecule has 0 saturated carbocycles. The van der Waals surface area contributed by atoms with Crippen LogP contribution < -0.4 is 16.6 Å². The van der Waals surface area contributed by atoms with Gasteiger partial charge in [-0.1, -0.05) is 54.6 Å². The van der Waals surface area contributed by atoms with E-state index < -0.39 is 0 Å². The Hall–Kier alpha value is -4.19. The molecule has 6 nitrogen and oxygen atoms in total. The van der Waals surface area contributed by atoms with E-state index in [-0.39, 0.29) is 11.5 Å². The van der Waals surface area contributed by atoms with Gasteiger partial charge in [0.1, 0.15) is 0 Å². The minimum absolute atomic E-state index is 0.162. The number of para-hydroxylation sites is 2. The van der Waals surface area contributed by atoms with E-state index in [0.717, 1.165) is 11.1 Å². The molecule has 0 fully saturated rings. The van der Waals surface area contributed by atoms with Crippen molar-refractivity contribution in [2.24, 2.45) is 0 Å². The fourth-order valence-electron chi connectivity index (χ4n) is 3.14. The molecule has 1 aromatic heterocycles. The van der Waals surface area contributed by atoms with Crippen molar-refractivity contribution in [2.45, 2.75) is 6.54 Å². The standard InChI is InChI=1S/C24H20N4O2/c25-21-8-4-5-9-22(21)27-23(29)19-12-10-17(11-13-19)16-28-24(30)20(14-15-26-28)18-6-2-1-3-7-18/h1-15H,16,25H2,(H,27,29). The summed E-state index contributed by atoms with van der Waals surface area (Å²) in [6.45, 7) is 0.313. The second-order valence-corrected chi connectivity index (χ2v) is 6.81. The van der Waals surface area contributed by atoms with E-state index in [2.05, 4.69) is 10.4 Å². The molecule has 0 atom stereocenters. The predicted molar refractivity (Wildman–Crippen MR) is 118 cm³/mol. The fraction of sp³-hybridized carbons (Fsp3) is 0.0417. The predicted octanol–water partition coefficient (Wildman–Crippen LogP) is 3.79. The van der Waals surface area contributed by atoms with Crippen LogP contribution in [0.25, 0.3) is 11.1 Å². The summed E-state index contributed by atoms with van der Waals surface area (Å²) in [7, 11) is 0. The number of nitrogens with zero attached hydrogens (tertiary/aromatic N) is 2. The summed E-state index contributed by atoms with van der Waals surface area (Å²) in [4.78, 5) is 25.3. The number of rotatable bonds is 5. The summed E-state index contributed by atoms with van der Waals surface area (Å²) in [5.74, 6) is -0.249. The average molecular weight is 396 g/mol. The van der Waals surface area contributed by atoms with Crippen molar-refractivity contribution in [3.8, 4) is 11.1 Å². The summed E-state index contributed by atoms with van der Waals surface area (Å²) in [6.07, 6.45) is 1.62. The first-order chi connectivity index (χ1) is 14.6. The molecule has 4 aromatic rings. The largest absolute Gasteiger partial charge is 0.397 e. The van der Waals surface area contributed by atoms with Crippen LogP contribution in [0.5, 0.6) is 0 Å². The van der Waals surface area contributed by atoms with Crippen molar-refractivity contribution >= 4 is 17.3 Å². The molecule has 0 unspecified atom stereocenters. The second kappa shape index (κ2) is 8.45. The minimum Gasteiger partial charge on any atom is -0.397 e. The normalized spacial score (nSPS) is 10.5. The molecule has 3 aromatic carbocycles. The van der Waals surface area contributed by atoms with Gasteiger partial charge >= 0.3 is 0 Å². The first kappa shape index (κ1) is 19.1. The molecule has 1 heterocycles. The van der Waals surface area contributed by atoms with Crippen LogP contribution in [0.4, 0.5) is 11.4 Å². The minimum atomic E-state index is -0.249. The van der Waals surface area contributed by atoms with Crippen molar-refractivity contribution in [1.82, 2.24) is 9.78 Å². The highest BCUT2D eigenvalue weighted by atomic mass is 16.1. The Kier molecular flexibility index (Phi) is 5.39. The Labute approximate surface area is 173 Å². The third kappa shape index (κ3) is 4.12. The molecule has 0 radical (unpaired) electrons. The maximum atomic E-state index is 12.8. The zero-order valence-corrected chi connectivity index (χ0v) is 16.2. The van der Waals surface area contributed by atoms with Gasteiger partial charge in [-0.05, 0) is 41.5 Å². The number of carbonyl (C=O) groups excluding carboxylic acids is 1. The summed E-state index contributed by atoms with van der Waals surface area (Å²) >= 11 is 0. The maximum absolute atomic E-state index is 12.8. The van der Waals surface area contributed by atoms with Gasteiger partial charge in [-0.15, -0.1) is 0 Å². The number of nitrogen functional groups attached to an aromatic ring is 1. The van der Waals surface area contributed by atoms with Gasteiger partial charge in [-0.25, -0.2) is 4.68 Å². The average Bonchev–Trinajstić information content (AvgIpc) is 2.78. The Bertz CT molecular complexity index is 1230. The van der Waals surface area contributed by atoms with Gasteiger partial charge < -0.3 is 11.1 Å². The van der Waals surface area contributed by atoms with E-state index in [9.17, 15) is 9.59 Å². The fourth-order valence-corrected chi connectivity index (χ4v) is 3.14. The van der Waals surface area contributed by atoms with Gasteiger partial charge in [0.05, 0.1) is 23.5 Å². The Morgan fingerprint density at radius 2 is 1.60 bits per heavy atom. The number of amides is 1. The van der Waals surface area contributed by atoms with Gasteiger partial charge in [0, 0.05) is 11.8 Å². The SMILES string of the molecule is Nc1ccccc1NC(=O)c1ccc(Cn2nccc(-c3ccccc3)c2=O)cc1. The van der Waals surface area contributed by atoms with Crippen molar-refractivity contribution in [3.63, 3.8) is 0 Å². The number of hydrogen-bond donors (Lipinski definition) is 2. The molecule has 4 rings (SSSR count). The van der Waals surface area contributed by atoms with Crippen molar-refractivity contribution < 1.29 is 4.79 Å². The van der Waals surface area contributed by atoms with Crippen LogP contribution in [0.2, 0.25) is 0 Å². The molecule has 0 saturated heterocycles. The van der Waals surface area contributed by atoms with E-state index in [1.54, 1.807) is 36.5 Å².